The molecule has 0 fully saturated rings. The van der Waals surface area contributed by atoms with E-state index < -0.39 is 0 Å². The van der Waals surface area contributed by atoms with Crippen molar-refractivity contribution in [2.24, 2.45) is 0 Å². The summed E-state index contributed by atoms with van der Waals surface area (Å²) >= 11 is 1.32. The molecule has 2 aromatic heterocycles. The van der Waals surface area contributed by atoms with Gasteiger partial charge in [-0.05, 0) is 31.2 Å². The van der Waals surface area contributed by atoms with Gasteiger partial charge in [-0.2, -0.15) is 4.52 Å². The number of aryl methyl sites for hydroxylation is 1. The third-order valence-corrected chi connectivity index (χ3v) is 4.52. The van der Waals surface area contributed by atoms with Crippen LogP contribution in [0.5, 0.6) is 5.75 Å². The van der Waals surface area contributed by atoms with Gasteiger partial charge in [0.2, 0.25) is 10.1 Å². The molecule has 0 aliphatic carbocycles. The second-order valence-electron chi connectivity index (χ2n) is 5.36. The van der Waals surface area contributed by atoms with Gasteiger partial charge in [0.15, 0.2) is 0 Å². The summed E-state index contributed by atoms with van der Waals surface area (Å²) in [5.74, 6) is 0.706. The predicted molar refractivity (Wildman–Crippen MR) is 95.7 cm³/mol. The number of fused-ring (bicyclic) bond motifs is 2. The van der Waals surface area contributed by atoms with E-state index in [1.165, 1.54) is 15.9 Å². The highest BCUT2D eigenvalue weighted by Crippen LogP contribution is 2.29. The van der Waals surface area contributed by atoms with Gasteiger partial charge in [0, 0.05) is 0 Å². The van der Waals surface area contributed by atoms with Crippen LogP contribution in [-0.4, -0.2) is 21.7 Å². The Labute approximate surface area is 141 Å². The van der Waals surface area contributed by atoms with E-state index in [2.05, 4.69) is 15.4 Å². The van der Waals surface area contributed by atoms with E-state index in [1.54, 1.807) is 7.11 Å². The Bertz CT molecular complexity index is 1120. The number of aromatic nitrogens is 3. The van der Waals surface area contributed by atoms with Gasteiger partial charge >= 0.3 is 0 Å². The van der Waals surface area contributed by atoms with E-state index in [0.717, 1.165) is 11.3 Å². The average molecular weight is 338 g/mol. The van der Waals surface area contributed by atoms with Crippen LogP contribution in [-0.2, 0) is 0 Å². The van der Waals surface area contributed by atoms with Gasteiger partial charge < -0.3 is 10.1 Å². The lowest BCUT2D eigenvalue weighted by Gasteiger charge is -2.07. The molecule has 4 aromatic rings. The molecular weight excluding hydrogens is 324 g/mol. The van der Waals surface area contributed by atoms with Crippen molar-refractivity contribution in [3.63, 3.8) is 0 Å². The van der Waals surface area contributed by atoms with Crippen molar-refractivity contribution in [1.29, 1.82) is 0 Å². The fourth-order valence-corrected chi connectivity index (χ4v) is 3.35. The summed E-state index contributed by atoms with van der Waals surface area (Å²) in [6.07, 6.45) is 0. The lowest BCUT2D eigenvalue weighted by Crippen LogP contribution is -2.15. The number of methoxy groups -OCH3 is 1. The van der Waals surface area contributed by atoms with Gasteiger partial charge in [0.1, 0.15) is 5.75 Å². The predicted octanol–water partition coefficient (Wildman–Crippen LogP) is 3.36. The fraction of sp³-hybridized carbons (Fsp3) is 0.118. The van der Waals surface area contributed by atoms with Crippen LogP contribution in [0.3, 0.4) is 0 Å². The van der Waals surface area contributed by atoms with Crippen LogP contribution >= 0.6 is 11.3 Å². The van der Waals surface area contributed by atoms with Crippen LogP contribution in [0.25, 0.3) is 15.9 Å². The Morgan fingerprint density at radius 1 is 1.21 bits per heavy atom. The molecule has 2 heterocycles. The monoisotopic (exact) mass is 338 g/mol. The summed E-state index contributed by atoms with van der Waals surface area (Å²) in [7, 11) is 1.61. The summed E-state index contributed by atoms with van der Waals surface area (Å²) in [4.78, 5) is 17.7. The second kappa shape index (κ2) is 5.61. The van der Waals surface area contributed by atoms with E-state index in [0.29, 0.717) is 26.7 Å². The Hall–Kier alpha value is -2.93. The van der Waals surface area contributed by atoms with Crippen molar-refractivity contribution in [3.05, 3.63) is 58.4 Å². The van der Waals surface area contributed by atoms with Crippen molar-refractivity contribution in [3.8, 4) is 5.75 Å². The van der Waals surface area contributed by atoms with Crippen molar-refractivity contribution in [2.45, 2.75) is 6.92 Å². The second-order valence-corrected chi connectivity index (χ2v) is 6.32. The highest BCUT2D eigenvalue weighted by molar-refractivity contribution is 7.20. The molecule has 0 amide bonds. The summed E-state index contributed by atoms with van der Waals surface area (Å²) < 4.78 is 6.66. The fourth-order valence-electron chi connectivity index (χ4n) is 2.54. The molecule has 0 spiro atoms. The van der Waals surface area contributed by atoms with Crippen molar-refractivity contribution in [2.75, 3.05) is 12.4 Å². The van der Waals surface area contributed by atoms with Gasteiger partial charge in [-0.1, -0.05) is 35.1 Å². The SMILES string of the molecule is COc1ccccc1Nc1nn2c(=O)c3cc(C)ccc3nc2s1. The maximum absolute atomic E-state index is 12.6. The van der Waals surface area contributed by atoms with Crippen LogP contribution in [0.2, 0.25) is 0 Å². The molecule has 24 heavy (non-hydrogen) atoms. The Morgan fingerprint density at radius 2 is 2.04 bits per heavy atom. The lowest BCUT2D eigenvalue weighted by atomic mass is 10.2. The van der Waals surface area contributed by atoms with Gasteiger partial charge in [0.25, 0.3) is 5.56 Å². The van der Waals surface area contributed by atoms with Crippen LogP contribution < -0.4 is 15.6 Å². The zero-order valence-electron chi connectivity index (χ0n) is 13.1. The van der Waals surface area contributed by atoms with Gasteiger partial charge in [-0.15, -0.1) is 5.10 Å². The molecule has 7 heteroatoms. The highest BCUT2D eigenvalue weighted by atomic mass is 32.1. The zero-order valence-corrected chi connectivity index (χ0v) is 13.9. The standard InChI is InChI=1S/C17H14N4O2S/c1-10-7-8-12-11(9-10)15(22)21-17(19-12)24-16(20-21)18-13-5-3-4-6-14(13)23-2/h3-9H,1-2H3,(H,18,20). The van der Waals surface area contributed by atoms with Crippen LogP contribution in [0.15, 0.2) is 47.3 Å². The summed E-state index contributed by atoms with van der Waals surface area (Å²) in [5.41, 5.74) is 2.32. The number of benzene rings is 2. The van der Waals surface area contributed by atoms with Gasteiger partial charge in [-0.25, -0.2) is 4.98 Å². The number of nitrogens with zero attached hydrogens (tertiary/aromatic N) is 3. The minimum Gasteiger partial charge on any atom is -0.495 e. The maximum Gasteiger partial charge on any atom is 0.283 e. The van der Waals surface area contributed by atoms with E-state index >= 15 is 0 Å². The topological polar surface area (TPSA) is 68.5 Å². The van der Waals surface area contributed by atoms with Crippen LogP contribution in [0, 0.1) is 6.92 Å². The minimum absolute atomic E-state index is 0.164. The Morgan fingerprint density at radius 3 is 2.88 bits per heavy atom. The maximum atomic E-state index is 12.6. The number of ether oxygens (including phenoxy) is 1. The van der Waals surface area contributed by atoms with E-state index in [1.807, 2.05) is 49.4 Å². The molecule has 0 aliphatic rings. The molecular formula is C17H14N4O2S. The van der Waals surface area contributed by atoms with Crippen LogP contribution in [0.1, 0.15) is 5.56 Å². The summed E-state index contributed by atoms with van der Waals surface area (Å²) in [5, 5.41) is 8.70. The smallest absolute Gasteiger partial charge is 0.283 e. The molecule has 0 aliphatic heterocycles. The molecule has 0 unspecified atom stereocenters. The first kappa shape index (κ1) is 14.6. The number of para-hydroxylation sites is 2. The van der Waals surface area contributed by atoms with E-state index in [4.69, 9.17) is 4.74 Å². The largest absolute Gasteiger partial charge is 0.495 e. The number of anilines is 2. The van der Waals surface area contributed by atoms with Gasteiger partial charge in [0.05, 0.1) is 23.7 Å². The average Bonchev–Trinajstić information content (AvgIpc) is 2.99. The molecule has 0 bridgehead atoms. The molecule has 1 N–H and O–H groups in total. The molecule has 2 aromatic carbocycles. The normalized spacial score (nSPS) is 11.1. The van der Waals surface area contributed by atoms with Crippen molar-refractivity contribution in [1.82, 2.24) is 14.6 Å². The van der Waals surface area contributed by atoms with Crippen molar-refractivity contribution < 1.29 is 4.74 Å². The third kappa shape index (κ3) is 2.39. The first-order valence-electron chi connectivity index (χ1n) is 7.36. The van der Waals surface area contributed by atoms with Crippen molar-refractivity contribution >= 4 is 38.0 Å². The molecule has 0 saturated carbocycles. The molecule has 0 saturated heterocycles. The first-order valence-corrected chi connectivity index (χ1v) is 8.17. The molecule has 6 nitrogen and oxygen atoms in total. The minimum atomic E-state index is -0.164. The Kier molecular flexibility index (Phi) is 3.42. The number of hydrogen-bond donors (Lipinski definition) is 1. The number of rotatable bonds is 3. The third-order valence-electron chi connectivity index (χ3n) is 3.70. The highest BCUT2D eigenvalue weighted by Gasteiger charge is 2.12. The molecule has 0 atom stereocenters. The van der Waals surface area contributed by atoms with Crippen LogP contribution in [0.4, 0.5) is 10.8 Å². The van der Waals surface area contributed by atoms with E-state index in [9.17, 15) is 4.79 Å². The Balaban J connectivity index is 1.85. The molecule has 4 rings (SSSR count). The quantitative estimate of drug-likeness (QED) is 0.620. The van der Waals surface area contributed by atoms with E-state index in [-0.39, 0.29) is 5.56 Å². The lowest BCUT2D eigenvalue weighted by molar-refractivity contribution is 0.417. The first-order chi connectivity index (χ1) is 11.7. The molecule has 120 valence electrons. The van der Waals surface area contributed by atoms with Gasteiger partial charge in [-0.3, -0.25) is 4.79 Å². The molecule has 0 radical (unpaired) electrons. The zero-order chi connectivity index (χ0) is 16.7. The number of nitrogens with one attached hydrogen (secondary N) is 1. The number of hydrogen-bond acceptors (Lipinski definition) is 6. The summed E-state index contributed by atoms with van der Waals surface area (Å²) in [6, 6.07) is 13.2. The summed E-state index contributed by atoms with van der Waals surface area (Å²) in [6.45, 7) is 1.95.